The standard InChI is InChI=1S/C10H18FIN4O3/c1-2-7(13)9(14-15-18)10(17)16-4-3-8(19-12)6(11)5-16/h6-9H,2-5,13H2,1H3,(H,14,18)/t6-,7?,8+,9?/m1/s1. The number of likely N-dealkylation sites (tertiary alicyclic amines) is 1. The third-order valence-electron chi connectivity index (χ3n) is 3.27. The average Bonchev–Trinajstić information content (AvgIpc) is 2.43. The van der Waals surface area contributed by atoms with Crippen molar-refractivity contribution in [3.05, 3.63) is 4.91 Å². The third-order valence-corrected chi connectivity index (χ3v) is 3.92. The van der Waals surface area contributed by atoms with Crippen LogP contribution in [-0.4, -0.2) is 48.3 Å². The van der Waals surface area contributed by atoms with Crippen LogP contribution in [0.5, 0.6) is 0 Å². The molecule has 0 aromatic carbocycles. The quantitative estimate of drug-likeness (QED) is 0.396. The van der Waals surface area contributed by atoms with Gasteiger partial charge >= 0.3 is 0 Å². The fraction of sp³-hybridized carbons (Fsp3) is 0.900. The van der Waals surface area contributed by atoms with Crippen molar-refractivity contribution >= 4 is 28.9 Å². The highest BCUT2D eigenvalue weighted by Gasteiger charge is 2.36. The van der Waals surface area contributed by atoms with Crippen molar-refractivity contribution in [2.45, 2.75) is 44.1 Å². The van der Waals surface area contributed by atoms with E-state index in [1.54, 1.807) is 29.9 Å². The zero-order chi connectivity index (χ0) is 14.4. The number of hydrogen-bond donors (Lipinski definition) is 2. The van der Waals surface area contributed by atoms with Crippen LogP contribution in [-0.2, 0) is 7.86 Å². The molecule has 0 aromatic heterocycles. The molecule has 1 amide bonds. The summed E-state index contributed by atoms with van der Waals surface area (Å²) in [6, 6.07) is -1.45. The molecule has 9 heteroatoms. The van der Waals surface area contributed by atoms with Crippen molar-refractivity contribution in [2.75, 3.05) is 13.1 Å². The number of nitrogens with two attached hydrogens (primary N) is 1. The first-order chi connectivity index (χ1) is 9.04. The van der Waals surface area contributed by atoms with Crippen molar-refractivity contribution in [3.8, 4) is 0 Å². The maximum Gasteiger partial charge on any atom is 0.248 e. The van der Waals surface area contributed by atoms with Crippen molar-refractivity contribution in [1.82, 2.24) is 10.3 Å². The lowest BCUT2D eigenvalue weighted by molar-refractivity contribution is -0.137. The second-order valence-electron chi connectivity index (χ2n) is 4.49. The average molecular weight is 388 g/mol. The van der Waals surface area contributed by atoms with Crippen molar-refractivity contribution in [1.29, 1.82) is 0 Å². The van der Waals surface area contributed by atoms with Crippen LogP contribution in [0.2, 0.25) is 0 Å². The van der Waals surface area contributed by atoms with Crippen molar-refractivity contribution in [2.24, 2.45) is 11.0 Å². The third kappa shape index (κ3) is 4.21. The number of carbonyl (C=O) groups excluding carboxylic acids is 1. The Balaban J connectivity index is 2.67. The maximum absolute atomic E-state index is 13.7. The van der Waals surface area contributed by atoms with Gasteiger partial charge in [-0.05, 0) is 12.8 Å². The van der Waals surface area contributed by atoms with Gasteiger partial charge in [0.2, 0.25) is 5.91 Å². The number of rotatable bonds is 6. The van der Waals surface area contributed by atoms with Crippen molar-refractivity contribution < 1.29 is 12.3 Å². The van der Waals surface area contributed by atoms with Gasteiger partial charge in [0, 0.05) is 12.6 Å². The van der Waals surface area contributed by atoms with Gasteiger partial charge in [0.25, 0.3) is 0 Å². The van der Waals surface area contributed by atoms with E-state index in [0.717, 1.165) is 0 Å². The smallest absolute Gasteiger partial charge is 0.248 e. The van der Waals surface area contributed by atoms with Crippen LogP contribution >= 0.6 is 23.0 Å². The van der Waals surface area contributed by atoms with Gasteiger partial charge in [-0.15, -0.1) is 4.91 Å². The number of hydrogen-bond acceptors (Lipinski definition) is 5. The first kappa shape index (κ1) is 16.5. The zero-order valence-electron chi connectivity index (χ0n) is 10.6. The van der Waals surface area contributed by atoms with Gasteiger partial charge in [-0.1, -0.05) is 6.92 Å². The van der Waals surface area contributed by atoms with Gasteiger partial charge in [-0.25, -0.2) is 4.39 Å². The Labute approximate surface area is 125 Å². The summed E-state index contributed by atoms with van der Waals surface area (Å²) in [5, 5.41) is 2.52. The summed E-state index contributed by atoms with van der Waals surface area (Å²) in [4.78, 5) is 23.9. The molecule has 2 unspecified atom stereocenters. The van der Waals surface area contributed by atoms with E-state index in [0.29, 0.717) is 19.4 Å². The number of alkyl halides is 1. The number of carbonyl (C=O) groups is 1. The summed E-state index contributed by atoms with van der Waals surface area (Å²) < 4.78 is 18.7. The van der Waals surface area contributed by atoms with Gasteiger partial charge in [-0.2, -0.15) is 0 Å². The molecule has 1 aliphatic heterocycles. The fourth-order valence-electron chi connectivity index (χ4n) is 2.01. The topological polar surface area (TPSA) is 97.0 Å². The summed E-state index contributed by atoms with van der Waals surface area (Å²) in [6.45, 7) is 2.12. The Morgan fingerprint density at radius 1 is 1.74 bits per heavy atom. The molecule has 0 aliphatic carbocycles. The summed E-state index contributed by atoms with van der Waals surface area (Å²) in [5.41, 5.74) is 7.94. The highest BCUT2D eigenvalue weighted by atomic mass is 127. The molecule has 1 rings (SSSR count). The van der Waals surface area contributed by atoms with Gasteiger partial charge in [0.1, 0.15) is 41.3 Å². The van der Waals surface area contributed by atoms with Crippen LogP contribution in [0.3, 0.4) is 0 Å². The van der Waals surface area contributed by atoms with E-state index < -0.39 is 30.3 Å². The molecule has 0 aromatic rings. The summed E-state index contributed by atoms with van der Waals surface area (Å²) in [5.74, 6) is -0.400. The van der Waals surface area contributed by atoms with Crippen LogP contribution in [0.25, 0.3) is 0 Å². The number of halogens is 2. The molecular formula is C10H18FIN4O3. The lowest BCUT2D eigenvalue weighted by Gasteiger charge is -2.35. The molecule has 0 radical (unpaired) electrons. The molecule has 19 heavy (non-hydrogen) atoms. The molecule has 1 fully saturated rings. The van der Waals surface area contributed by atoms with E-state index in [9.17, 15) is 14.1 Å². The molecule has 7 nitrogen and oxygen atoms in total. The van der Waals surface area contributed by atoms with Crippen LogP contribution in [0.1, 0.15) is 19.8 Å². The molecule has 1 aliphatic rings. The van der Waals surface area contributed by atoms with E-state index in [-0.39, 0.29) is 6.54 Å². The highest BCUT2D eigenvalue weighted by molar-refractivity contribution is 14.1. The zero-order valence-corrected chi connectivity index (χ0v) is 12.7. The van der Waals surface area contributed by atoms with Gasteiger partial charge in [0.05, 0.1) is 11.8 Å². The van der Waals surface area contributed by atoms with Crippen LogP contribution < -0.4 is 11.2 Å². The Hall–Kier alpha value is -0.550. The Kier molecular flexibility index (Phi) is 6.86. The molecule has 1 heterocycles. The van der Waals surface area contributed by atoms with E-state index >= 15 is 0 Å². The summed E-state index contributed by atoms with van der Waals surface area (Å²) in [6.07, 6.45) is -0.818. The largest absolute Gasteiger partial charge is 0.338 e. The van der Waals surface area contributed by atoms with Crippen LogP contribution in [0, 0.1) is 4.91 Å². The number of nitroso groups, excluding NO2 is 1. The SMILES string of the molecule is CCC(N)C(NN=O)C(=O)N1CC[C@H](OI)[C@H](F)C1. The molecule has 1 saturated heterocycles. The number of nitrogens with one attached hydrogen (secondary N) is 1. The lowest BCUT2D eigenvalue weighted by Crippen LogP contribution is -2.57. The molecule has 110 valence electrons. The van der Waals surface area contributed by atoms with Gasteiger partial charge < -0.3 is 13.7 Å². The number of amides is 1. The maximum atomic E-state index is 13.7. The van der Waals surface area contributed by atoms with Crippen molar-refractivity contribution in [3.63, 3.8) is 0 Å². The molecule has 0 spiro atoms. The molecule has 0 bridgehead atoms. The second kappa shape index (κ2) is 7.90. The Morgan fingerprint density at radius 2 is 2.42 bits per heavy atom. The van der Waals surface area contributed by atoms with Gasteiger partial charge in [-0.3, -0.25) is 10.2 Å². The minimum atomic E-state index is -1.24. The molecule has 3 N–H and O–H groups in total. The predicted octanol–water partition coefficient (Wildman–Crippen LogP) is 0.669. The number of nitrogens with zero attached hydrogens (tertiary/aromatic N) is 2. The molecule has 0 saturated carbocycles. The molecule has 4 atom stereocenters. The highest BCUT2D eigenvalue weighted by Crippen LogP contribution is 2.20. The normalized spacial score (nSPS) is 26.6. The fourth-order valence-corrected chi connectivity index (χ4v) is 2.58. The number of piperidine rings is 1. The predicted molar refractivity (Wildman–Crippen MR) is 76.0 cm³/mol. The second-order valence-corrected chi connectivity index (χ2v) is 5.00. The molecular weight excluding hydrogens is 370 g/mol. The van der Waals surface area contributed by atoms with E-state index in [1.807, 2.05) is 0 Å². The lowest BCUT2D eigenvalue weighted by atomic mass is 10.0. The van der Waals surface area contributed by atoms with Crippen LogP contribution in [0.15, 0.2) is 5.29 Å². The Bertz CT molecular complexity index is 323. The first-order valence-electron chi connectivity index (χ1n) is 6.08. The van der Waals surface area contributed by atoms with Crippen LogP contribution in [0.4, 0.5) is 4.39 Å². The first-order valence-corrected chi connectivity index (χ1v) is 6.96. The summed E-state index contributed by atoms with van der Waals surface area (Å²) >= 11 is 1.66. The Morgan fingerprint density at radius 3 is 2.89 bits per heavy atom. The van der Waals surface area contributed by atoms with E-state index in [1.165, 1.54) is 4.90 Å². The van der Waals surface area contributed by atoms with Gasteiger partial charge in [0.15, 0.2) is 0 Å². The van der Waals surface area contributed by atoms with E-state index in [4.69, 9.17) is 8.80 Å². The monoisotopic (exact) mass is 388 g/mol. The summed E-state index contributed by atoms with van der Waals surface area (Å²) in [7, 11) is 0. The minimum absolute atomic E-state index is 0.0556. The minimum Gasteiger partial charge on any atom is -0.338 e. The van der Waals surface area contributed by atoms with E-state index in [2.05, 4.69) is 10.7 Å².